The van der Waals surface area contributed by atoms with Crippen molar-refractivity contribution in [3.05, 3.63) is 91.0 Å². The van der Waals surface area contributed by atoms with Crippen LogP contribution in [0.2, 0.25) is 0 Å². The largest absolute Gasteiger partial charge is 0.0622 e. The van der Waals surface area contributed by atoms with Crippen LogP contribution in [-0.4, -0.2) is 0 Å². The molecule has 0 fully saturated rings. The van der Waals surface area contributed by atoms with Gasteiger partial charge in [-0.25, -0.2) is 0 Å². The van der Waals surface area contributed by atoms with Crippen molar-refractivity contribution in [1.82, 2.24) is 0 Å². The topological polar surface area (TPSA) is 0 Å². The van der Waals surface area contributed by atoms with Crippen LogP contribution in [0.25, 0.3) is 0 Å². The Balaban J connectivity index is 0.00000147. The molecule has 20 heavy (non-hydrogen) atoms. The molecule has 0 aliphatic heterocycles. The molecule has 0 bridgehead atoms. The van der Waals surface area contributed by atoms with Gasteiger partial charge in [-0.3, -0.25) is 0 Å². The first-order valence-corrected chi connectivity index (χ1v) is 7.74. The number of benzene rings is 3. The van der Waals surface area contributed by atoms with E-state index in [4.69, 9.17) is 0 Å². The third kappa shape index (κ3) is 3.42. The molecule has 0 heterocycles. The van der Waals surface area contributed by atoms with Crippen LogP contribution in [-0.2, 0) is 19.5 Å². The molecule has 0 N–H and O–H groups in total. The first-order chi connectivity index (χ1) is 9.45. The molecule has 0 aliphatic carbocycles. The van der Waals surface area contributed by atoms with Gasteiger partial charge in [0.15, 0.2) is 0 Å². The van der Waals surface area contributed by atoms with Crippen LogP contribution in [0.15, 0.2) is 91.0 Å². The second kappa shape index (κ2) is 7.48. The van der Waals surface area contributed by atoms with Crippen LogP contribution >= 0.6 is 7.92 Å². The van der Waals surface area contributed by atoms with Crippen LogP contribution in [0.4, 0.5) is 0 Å². The fourth-order valence-corrected chi connectivity index (χ4v) is 4.48. The van der Waals surface area contributed by atoms with Crippen LogP contribution in [0.5, 0.6) is 0 Å². The Morgan fingerprint density at radius 1 is 0.400 bits per heavy atom. The molecule has 0 aromatic heterocycles. The van der Waals surface area contributed by atoms with E-state index < -0.39 is 7.92 Å². The van der Waals surface area contributed by atoms with Gasteiger partial charge in [0.2, 0.25) is 0 Å². The van der Waals surface area contributed by atoms with Crippen molar-refractivity contribution in [3.63, 3.8) is 0 Å². The van der Waals surface area contributed by atoms with Crippen molar-refractivity contribution in [2.75, 3.05) is 0 Å². The Hall–Kier alpha value is -1.29. The summed E-state index contributed by atoms with van der Waals surface area (Å²) in [6, 6.07) is 32.3. The van der Waals surface area contributed by atoms with Crippen molar-refractivity contribution in [2.24, 2.45) is 0 Å². The van der Waals surface area contributed by atoms with E-state index in [-0.39, 0.29) is 19.5 Å². The average molecular weight is 365 g/mol. The monoisotopic (exact) mass is 366 g/mol. The molecule has 0 spiro atoms. The molecule has 2 heteroatoms. The minimum atomic E-state index is -0.446. The molecule has 102 valence electrons. The first kappa shape index (κ1) is 15.1. The third-order valence-corrected chi connectivity index (χ3v) is 5.49. The molecule has 3 aromatic rings. The Kier molecular flexibility index (Phi) is 5.65. The second-order valence-corrected chi connectivity index (χ2v) is 6.56. The Bertz CT molecular complexity index is 529. The van der Waals surface area contributed by atoms with E-state index >= 15 is 0 Å². The summed E-state index contributed by atoms with van der Waals surface area (Å²) in [5.41, 5.74) is 0. The maximum Gasteiger partial charge on any atom is -0.0134 e. The van der Waals surface area contributed by atoms with Crippen molar-refractivity contribution in [1.29, 1.82) is 0 Å². The van der Waals surface area contributed by atoms with Gasteiger partial charge in [-0.15, -0.1) is 0 Å². The van der Waals surface area contributed by atoms with Crippen LogP contribution in [0, 0.1) is 0 Å². The van der Waals surface area contributed by atoms with Gasteiger partial charge < -0.3 is 0 Å². The summed E-state index contributed by atoms with van der Waals surface area (Å²) in [6.07, 6.45) is 0. The van der Waals surface area contributed by atoms with E-state index in [0.29, 0.717) is 0 Å². The molecule has 3 aromatic carbocycles. The van der Waals surface area contributed by atoms with E-state index in [2.05, 4.69) is 91.0 Å². The van der Waals surface area contributed by atoms with Gasteiger partial charge in [0.25, 0.3) is 0 Å². The Labute approximate surface area is 134 Å². The zero-order chi connectivity index (χ0) is 12.9. The minimum absolute atomic E-state index is 0. The predicted molar refractivity (Wildman–Crippen MR) is 87.9 cm³/mol. The minimum Gasteiger partial charge on any atom is -0.0622 e. The SMILES string of the molecule is [RuH2].c1ccc(P(c2ccccc2)c2ccccc2)cc1. The van der Waals surface area contributed by atoms with Gasteiger partial charge >= 0.3 is 19.5 Å². The zero-order valence-corrected chi connectivity index (χ0v) is 13.9. The Morgan fingerprint density at radius 3 is 0.900 bits per heavy atom. The van der Waals surface area contributed by atoms with Crippen molar-refractivity contribution >= 4 is 23.8 Å². The second-order valence-electron chi connectivity index (χ2n) is 4.34. The average Bonchev–Trinajstić information content (AvgIpc) is 2.51. The third-order valence-electron chi connectivity index (χ3n) is 3.04. The predicted octanol–water partition coefficient (Wildman–Crippen LogP) is 2.91. The van der Waals surface area contributed by atoms with Crippen LogP contribution < -0.4 is 15.9 Å². The van der Waals surface area contributed by atoms with E-state index in [1.807, 2.05) is 0 Å². The summed E-state index contributed by atoms with van der Waals surface area (Å²) in [5.74, 6) is 0. The van der Waals surface area contributed by atoms with E-state index in [1.165, 1.54) is 15.9 Å². The summed E-state index contributed by atoms with van der Waals surface area (Å²) in [4.78, 5) is 0. The van der Waals surface area contributed by atoms with Gasteiger partial charge in [-0.1, -0.05) is 91.0 Å². The molecule has 0 radical (unpaired) electrons. The number of rotatable bonds is 3. The smallest absolute Gasteiger partial charge is 0.0134 e. The van der Waals surface area contributed by atoms with Gasteiger partial charge in [-0.2, -0.15) is 0 Å². The van der Waals surface area contributed by atoms with Crippen molar-refractivity contribution < 1.29 is 19.5 Å². The van der Waals surface area contributed by atoms with Gasteiger partial charge in [-0.05, 0) is 23.8 Å². The van der Waals surface area contributed by atoms with Gasteiger partial charge in [0.05, 0.1) is 0 Å². The molecular formula is C18H17PRu. The fraction of sp³-hybridized carbons (Fsp3) is 0. The molecule has 0 saturated heterocycles. The van der Waals surface area contributed by atoms with E-state index in [0.717, 1.165) is 0 Å². The maximum atomic E-state index is 2.23. The van der Waals surface area contributed by atoms with Crippen molar-refractivity contribution in [3.8, 4) is 0 Å². The van der Waals surface area contributed by atoms with Crippen LogP contribution in [0.3, 0.4) is 0 Å². The standard InChI is InChI=1S/C18H15P.Ru.2H/c1-4-10-16(11-5-1)19(17-12-6-2-7-13-17)18-14-8-3-9-15-18;;;/h1-15H;;;. The van der Waals surface area contributed by atoms with Gasteiger partial charge in [0, 0.05) is 0 Å². The Morgan fingerprint density at radius 2 is 0.650 bits per heavy atom. The quantitative estimate of drug-likeness (QED) is 0.495. The molecule has 3 rings (SSSR count). The van der Waals surface area contributed by atoms with Crippen LogP contribution in [0.1, 0.15) is 0 Å². The molecule has 0 saturated carbocycles. The summed E-state index contributed by atoms with van der Waals surface area (Å²) >= 11 is 0. The molecule has 0 nitrogen and oxygen atoms in total. The summed E-state index contributed by atoms with van der Waals surface area (Å²) in [5, 5.41) is 4.19. The molecular weight excluding hydrogens is 348 g/mol. The molecule has 0 amide bonds. The normalized spacial score (nSPS) is 10.1. The molecule has 0 atom stereocenters. The summed E-state index contributed by atoms with van der Waals surface area (Å²) < 4.78 is 0. The summed E-state index contributed by atoms with van der Waals surface area (Å²) in [6.45, 7) is 0. The molecule has 0 unspecified atom stereocenters. The number of hydrogen-bond acceptors (Lipinski definition) is 0. The molecule has 0 aliphatic rings. The maximum absolute atomic E-state index is 2.23. The fourth-order valence-electron chi connectivity index (χ4n) is 2.18. The van der Waals surface area contributed by atoms with Crippen molar-refractivity contribution in [2.45, 2.75) is 0 Å². The summed E-state index contributed by atoms with van der Waals surface area (Å²) in [7, 11) is -0.446. The van der Waals surface area contributed by atoms with Gasteiger partial charge in [0.1, 0.15) is 0 Å². The van der Waals surface area contributed by atoms with E-state index in [1.54, 1.807) is 0 Å². The zero-order valence-electron chi connectivity index (χ0n) is 11.0. The van der Waals surface area contributed by atoms with E-state index in [9.17, 15) is 0 Å². The first-order valence-electron chi connectivity index (χ1n) is 6.40. The number of hydrogen-bond donors (Lipinski definition) is 0.